The van der Waals surface area contributed by atoms with Crippen molar-refractivity contribution < 1.29 is 9.47 Å². The lowest BCUT2D eigenvalue weighted by molar-refractivity contribution is 0.0341. The van der Waals surface area contributed by atoms with Crippen LogP contribution in [0.5, 0.6) is 11.5 Å². The molecule has 0 bridgehead atoms. The first-order chi connectivity index (χ1) is 12.5. The number of benzene rings is 1. The van der Waals surface area contributed by atoms with Crippen molar-refractivity contribution in [1.29, 1.82) is 0 Å². The van der Waals surface area contributed by atoms with Crippen LogP contribution in [-0.2, 0) is 5.41 Å². The number of rotatable bonds is 3. The lowest BCUT2D eigenvalue weighted by atomic mass is 9.56. The Hall–Kier alpha value is -0.530. The standard InChI is InChI=1S/C21H31IN2O2/c1-23-11-10-21(16-4-5-17(25-2)18(14-16)26-3)7-6-20(15-19(21)23)8-12-24(22)13-9-20/h4-5,14,19H,6-13,15H2,1-3H3/t19-,21-/m0/s1. The zero-order valence-corrected chi connectivity index (χ0v) is 18.4. The number of hydrogen-bond donors (Lipinski definition) is 0. The third-order valence-electron chi connectivity index (χ3n) is 7.54. The van der Waals surface area contributed by atoms with Gasteiger partial charge in [-0.15, -0.1) is 0 Å². The Morgan fingerprint density at radius 2 is 1.69 bits per heavy atom. The molecule has 2 atom stereocenters. The summed E-state index contributed by atoms with van der Waals surface area (Å²) in [7, 11) is 5.79. The second-order valence-electron chi connectivity index (χ2n) is 8.59. The molecule has 5 heteroatoms. The Balaban J connectivity index is 1.65. The van der Waals surface area contributed by atoms with Crippen molar-refractivity contribution in [2.45, 2.75) is 50.0 Å². The Morgan fingerprint density at radius 3 is 2.38 bits per heavy atom. The van der Waals surface area contributed by atoms with Crippen LogP contribution in [-0.4, -0.2) is 55.0 Å². The average molecular weight is 470 g/mol. The van der Waals surface area contributed by atoms with Crippen molar-refractivity contribution in [3.05, 3.63) is 23.8 Å². The zero-order valence-electron chi connectivity index (χ0n) is 16.3. The molecule has 3 aliphatic rings. The van der Waals surface area contributed by atoms with E-state index in [-0.39, 0.29) is 5.41 Å². The van der Waals surface area contributed by atoms with Crippen molar-refractivity contribution in [1.82, 2.24) is 8.01 Å². The molecule has 1 spiro atoms. The highest BCUT2D eigenvalue weighted by molar-refractivity contribution is 14.1. The van der Waals surface area contributed by atoms with E-state index >= 15 is 0 Å². The van der Waals surface area contributed by atoms with E-state index in [1.165, 1.54) is 63.7 Å². The van der Waals surface area contributed by atoms with Crippen LogP contribution in [0.25, 0.3) is 0 Å². The van der Waals surface area contributed by atoms with Crippen molar-refractivity contribution in [3.63, 3.8) is 0 Å². The SMILES string of the molecule is COc1ccc([C@]23CCN(C)[C@H]2CC2(CCN(I)CC2)CC3)cc1OC. The number of methoxy groups -OCH3 is 2. The molecule has 0 unspecified atom stereocenters. The molecule has 2 aliphatic heterocycles. The Bertz CT molecular complexity index is 659. The van der Waals surface area contributed by atoms with Gasteiger partial charge in [-0.05, 0) is 75.2 Å². The van der Waals surface area contributed by atoms with Crippen molar-refractivity contribution in [2.24, 2.45) is 5.41 Å². The molecule has 4 nitrogen and oxygen atoms in total. The highest BCUT2D eigenvalue weighted by Gasteiger charge is 2.54. The van der Waals surface area contributed by atoms with Gasteiger partial charge in [-0.3, -0.25) is 0 Å². The summed E-state index contributed by atoms with van der Waals surface area (Å²) in [6.45, 7) is 3.70. The van der Waals surface area contributed by atoms with E-state index in [1.807, 2.05) is 0 Å². The molecule has 2 heterocycles. The molecule has 0 N–H and O–H groups in total. The lowest BCUT2D eigenvalue weighted by Crippen LogP contribution is -2.51. The summed E-state index contributed by atoms with van der Waals surface area (Å²) in [5.41, 5.74) is 2.29. The number of fused-ring (bicyclic) bond motifs is 1. The first-order valence-corrected chi connectivity index (χ1v) is 10.8. The summed E-state index contributed by atoms with van der Waals surface area (Å²) in [6, 6.07) is 7.28. The number of halogens is 1. The summed E-state index contributed by atoms with van der Waals surface area (Å²) < 4.78 is 13.6. The van der Waals surface area contributed by atoms with E-state index in [4.69, 9.17) is 9.47 Å². The van der Waals surface area contributed by atoms with E-state index in [0.717, 1.165) is 11.5 Å². The summed E-state index contributed by atoms with van der Waals surface area (Å²) in [5.74, 6) is 1.70. The highest BCUT2D eigenvalue weighted by atomic mass is 127. The fraction of sp³-hybridized carbons (Fsp3) is 0.714. The van der Waals surface area contributed by atoms with Gasteiger partial charge < -0.3 is 14.4 Å². The Kier molecular flexibility index (Phi) is 5.16. The first-order valence-electron chi connectivity index (χ1n) is 9.85. The number of hydrogen-bond acceptors (Lipinski definition) is 4. The number of likely N-dealkylation sites (N-methyl/N-ethyl adjacent to an activating group) is 1. The van der Waals surface area contributed by atoms with E-state index in [0.29, 0.717) is 11.5 Å². The van der Waals surface area contributed by atoms with Crippen molar-refractivity contribution in [2.75, 3.05) is 40.9 Å². The molecule has 1 aromatic carbocycles. The fourth-order valence-corrected chi connectivity index (χ4v) is 6.28. The maximum absolute atomic E-state index is 5.62. The number of nitrogens with zero attached hydrogens (tertiary/aromatic N) is 2. The van der Waals surface area contributed by atoms with Crippen LogP contribution in [0.2, 0.25) is 0 Å². The molecule has 2 saturated heterocycles. The Labute approximate surface area is 171 Å². The van der Waals surface area contributed by atoms with Crippen LogP contribution >= 0.6 is 22.9 Å². The number of likely N-dealkylation sites (tertiary alicyclic amines) is 1. The summed E-state index contributed by atoms with van der Waals surface area (Å²) >= 11 is 2.49. The molecule has 0 aromatic heterocycles. The van der Waals surface area contributed by atoms with Crippen LogP contribution in [0.4, 0.5) is 0 Å². The second kappa shape index (κ2) is 7.13. The lowest BCUT2D eigenvalue weighted by Gasteiger charge is -2.52. The van der Waals surface area contributed by atoms with Gasteiger partial charge in [0.2, 0.25) is 0 Å². The van der Waals surface area contributed by atoms with Gasteiger partial charge >= 0.3 is 0 Å². The average Bonchev–Trinajstić information content (AvgIpc) is 3.01. The van der Waals surface area contributed by atoms with Crippen molar-refractivity contribution >= 4 is 22.9 Å². The van der Waals surface area contributed by atoms with Crippen LogP contribution in [0.3, 0.4) is 0 Å². The maximum Gasteiger partial charge on any atom is 0.161 e. The van der Waals surface area contributed by atoms with Crippen LogP contribution in [0.1, 0.15) is 44.1 Å². The van der Waals surface area contributed by atoms with Gasteiger partial charge in [0.05, 0.1) is 14.2 Å². The number of ether oxygens (including phenoxy) is 2. The molecule has 1 aromatic rings. The highest BCUT2D eigenvalue weighted by Crippen LogP contribution is 2.57. The molecular formula is C21H31IN2O2. The smallest absolute Gasteiger partial charge is 0.161 e. The minimum atomic E-state index is 0.279. The predicted octanol–water partition coefficient (Wildman–Crippen LogP) is 4.26. The van der Waals surface area contributed by atoms with Gasteiger partial charge in [0.1, 0.15) is 0 Å². The van der Waals surface area contributed by atoms with Crippen LogP contribution < -0.4 is 9.47 Å². The molecule has 0 radical (unpaired) electrons. The maximum atomic E-state index is 5.62. The van der Waals surface area contributed by atoms with E-state index in [1.54, 1.807) is 14.2 Å². The Morgan fingerprint density at radius 1 is 0.962 bits per heavy atom. The molecular weight excluding hydrogens is 439 g/mol. The van der Waals surface area contributed by atoms with Gasteiger partial charge in [-0.1, -0.05) is 6.07 Å². The van der Waals surface area contributed by atoms with E-state index in [2.05, 4.69) is 56.1 Å². The summed E-state index contributed by atoms with van der Waals surface area (Å²) in [4.78, 5) is 2.63. The molecule has 0 amide bonds. The second-order valence-corrected chi connectivity index (χ2v) is 9.95. The topological polar surface area (TPSA) is 24.9 Å². The molecule has 1 aliphatic carbocycles. The van der Waals surface area contributed by atoms with E-state index in [9.17, 15) is 0 Å². The largest absolute Gasteiger partial charge is 0.493 e. The third kappa shape index (κ3) is 3.04. The zero-order chi connectivity index (χ0) is 18.4. The molecule has 1 saturated carbocycles. The van der Waals surface area contributed by atoms with Crippen LogP contribution in [0.15, 0.2) is 18.2 Å². The summed E-state index contributed by atoms with van der Waals surface area (Å²) in [6.07, 6.45) is 8.01. The van der Waals surface area contributed by atoms with Gasteiger partial charge in [0.15, 0.2) is 11.5 Å². The first kappa shape index (κ1) is 18.8. The van der Waals surface area contributed by atoms with Crippen molar-refractivity contribution in [3.8, 4) is 11.5 Å². The van der Waals surface area contributed by atoms with E-state index < -0.39 is 0 Å². The van der Waals surface area contributed by atoms with Gasteiger partial charge in [0, 0.05) is 47.4 Å². The minimum absolute atomic E-state index is 0.279. The van der Waals surface area contributed by atoms with Gasteiger partial charge in [0.25, 0.3) is 0 Å². The molecule has 144 valence electrons. The normalized spacial score (nSPS) is 31.8. The number of piperidine rings is 1. The molecule has 3 fully saturated rings. The van der Waals surface area contributed by atoms with Gasteiger partial charge in [-0.2, -0.15) is 0 Å². The predicted molar refractivity (Wildman–Crippen MR) is 113 cm³/mol. The summed E-state index contributed by atoms with van der Waals surface area (Å²) in [5, 5.41) is 0. The monoisotopic (exact) mass is 470 g/mol. The minimum Gasteiger partial charge on any atom is -0.493 e. The molecule has 4 rings (SSSR count). The molecule has 26 heavy (non-hydrogen) atoms. The third-order valence-corrected chi connectivity index (χ3v) is 8.50. The quantitative estimate of drug-likeness (QED) is 0.487. The van der Waals surface area contributed by atoms with Crippen LogP contribution in [0, 0.1) is 5.41 Å². The van der Waals surface area contributed by atoms with Gasteiger partial charge in [-0.25, -0.2) is 3.11 Å². The fourth-order valence-electron chi connectivity index (χ4n) is 5.80.